The topological polar surface area (TPSA) is 50.2 Å². The van der Waals surface area contributed by atoms with E-state index in [1.807, 2.05) is 0 Å². The number of nitrogens with zero attached hydrogens (tertiary/aromatic N) is 1. The minimum atomic E-state index is -0.964. The van der Waals surface area contributed by atoms with E-state index in [0.29, 0.717) is 31.8 Å². The van der Waals surface area contributed by atoms with Crippen molar-refractivity contribution in [1.29, 1.82) is 0 Å². The molecule has 0 fully saturated rings. The fraction of sp³-hybridized carbons (Fsp3) is 0.0769. The van der Waals surface area contributed by atoms with Gasteiger partial charge in [-0.2, -0.15) is 0 Å². The van der Waals surface area contributed by atoms with Crippen LogP contribution in [-0.2, 0) is 11.2 Å². The number of halogens is 4. The Morgan fingerprint density at radius 3 is 2.25 bits per heavy atom. The van der Waals surface area contributed by atoms with Crippen LogP contribution >= 0.6 is 46.4 Å². The molecule has 0 aliphatic rings. The zero-order valence-electron chi connectivity index (χ0n) is 9.83. The normalized spacial score (nSPS) is 10.6. The fourth-order valence-electron chi connectivity index (χ4n) is 1.74. The quantitative estimate of drug-likeness (QED) is 0.793. The van der Waals surface area contributed by atoms with E-state index in [4.69, 9.17) is 51.5 Å². The summed E-state index contributed by atoms with van der Waals surface area (Å²) in [5.41, 5.74) is 1.44. The van der Waals surface area contributed by atoms with Crippen LogP contribution in [0.5, 0.6) is 0 Å². The number of carbonyl (C=O) groups is 1. The molecule has 0 bridgehead atoms. The molecule has 20 heavy (non-hydrogen) atoms. The lowest BCUT2D eigenvalue weighted by molar-refractivity contribution is -0.136. The number of hydrogen-bond donors (Lipinski definition) is 1. The largest absolute Gasteiger partial charge is 0.481 e. The first-order valence-electron chi connectivity index (χ1n) is 5.39. The van der Waals surface area contributed by atoms with Crippen molar-refractivity contribution in [3.63, 3.8) is 0 Å². The first-order valence-corrected chi connectivity index (χ1v) is 6.91. The Bertz CT molecular complexity index is 665. The zero-order chi connectivity index (χ0) is 14.9. The van der Waals surface area contributed by atoms with E-state index >= 15 is 0 Å². The standard InChI is InChI=1S/C13H7Cl4NO2/c14-7-3-9(15)12(10(16)4-7)8-1-6(2-11(19)20)5-18-13(8)17/h1,3-5H,2H2,(H,19,20). The molecule has 104 valence electrons. The first kappa shape index (κ1) is 15.4. The molecule has 1 aromatic heterocycles. The van der Waals surface area contributed by atoms with Gasteiger partial charge in [-0.15, -0.1) is 0 Å². The van der Waals surface area contributed by atoms with Gasteiger partial charge in [0.2, 0.25) is 0 Å². The summed E-state index contributed by atoms with van der Waals surface area (Å²) in [6.45, 7) is 0. The summed E-state index contributed by atoms with van der Waals surface area (Å²) >= 11 is 24.2. The Kier molecular flexibility index (Phi) is 4.76. The molecule has 0 unspecified atom stereocenters. The molecular formula is C13H7Cl4NO2. The third kappa shape index (κ3) is 3.36. The number of benzene rings is 1. The SMILES string of the molecule is O=C(O)Cc1cnc(Cl)c(-c2c(Cl)cc(Cl)cc2Cl)c1. The van der Waals surface area contributed by atoms with Gasteiger partial charge in [-0.3, -0.25) is 4.79 Å². The summed E-state index contributed by atoms with van der Waals surface area (Å²) in [4.78, 5) is 14.7. The van der Waals surface area contributed by atoms with Crippen LogP contribution in [0.1, 0.15) is 5.56 Å². The highest BCUT2D eigenvalue weighted by atomic mass is 35.5. The molecule has 0 spiro atoms. The fourth-order valence-corrected chi connectivity index (χ4v) is 2.96. The van der Waals surface area contributed by atoms with E-state index < -0.39 is 5.97 Å². The van der Waals surface area contributed by atoms with Crippen LogP contribution in [0.25, 0.3) is 11.1 Å². The highest BCUT2D eigenvalue weighted by molar-refractivity contribution is 6.43. The zero-order valence-corrected chi connectivity index (χ0v) is 12.9. The molecule has 7 heteroatoms. The Morgan fingerprint density at radius 1 is 1.10 bits per heavy atom. The van der Waals surface area contributed by atoms with Crippen LogP contribution in [0.3, 0.4) is 0 Å². The Balaban J connectivity index is 2.60. The number of carboxylic acid groups (broad SMARTS) is 1. The number of aliphatic carboxylic acids is 1. The van der Waals surface area contributed by atoms with Crippen molar-refractivity contribution < 1.29 is 9.90 Å². The second kappa shape index (κ2) is 6.19. The molecule has 3 nitrogen and oxygen atoms in total. The maximum absolute atomic E-state index is 10.7. The lowest BCUT2D eigenvalue weighted by Gasteiger charge is -2.10. The molecule has 2 aromatic rings. The number of rotatable bonds is 3. The molecule has 1 heterocycles. The second-order valence-corrected chi connectivity index (χ2v) is 5.61. The van der Waals surface area contributed by atoms with Crippen molar-refractivity contribution in [2.45, 2.75) is 6.42 Å². The van der Waals surface area contributed by atoms with Crippen molar-refractivity contribution in [3.8, 4) is 11.1 Å². The summed E-state index contributed by atoms with van der Waals surface area (Å²) in [5, 5.41) is 10.0. The number of pyridine rings is 1. The summed E-state index contributed by atoms with van der Waals surface area (Å²) in [6.07, 6.45) is 1.23. The molecular weight excluding hydrogens is 344 g/mol. The Morgan fingerprint density at radius 2 is 1.70 bits per heavy atom. The molecule has 0 radical (unpaired) electrons. The van der Waals surface area contributed by atoms with E-state index in [2.05, 4.69) is 4.98 Å². The number of hydrogen-bond acceptors (Lipinski definition) is 2. The van der Waals surface area contributed by atoms with E-state index in [1.165, 1.54) is 18.3 Å². The average molecular weight is 351 g/mol. The molecule has 0 amide bonds. The minimum Gasteiger partial charge on any atom is -0.481 e. The number of carboxylic acids is 1. The predicted octanol–water partition coefficient (Wildman–Crippen LogP) is 4.99. The van der Waals surface area contributed by atoms with Gasteiger partial charge in [0.1, 0.15) is 5.15 Å². The van der Waals surface area contributed by atoms with Gasteiger partial charge in [0, 0.05) is 22.3 Å². The van der Waals surface area contributed by atoms with Gasteiger partial charge in [-0.05, 0) is 23.8 Å². The van der Waals surface area contributed by atoms with E-state index in [0.717, 1.165) is 0 Å². The third-order valence-corrected chi connectivity index (χ3v) is 3.64. The van der Waals surface area contributed by atoms with Crippen LogP contribution in [0.2, 0.25) is 20.2 Å². The molecule has 2 rings (SSSR count). The smallest absolute Gasteiger partial charge is 0.307 e. The highest BCUT2D eigenvalue weighted by Gasteiger charge is 2.15. The molecule has 0 aliphatic heterocycles. The third-order valence-electron chi connectivity index (χ3n) is 2.53. The van der Waals surface area contributed by atoms with Crippen molar-refractivity contribution in [3.05, 3.63) is 50.2 Å². The highest BCUT2D eigenvalue weighted by Crippen LogP contribution is 2.40. The Labute approximate surface area is 135 Å². The Hall–Kier alpha value is -1.000. The van der Waals surface area contributed by atoms with Crippen LogP contribution in [0, 0.1) is 0 Å². The van der Waals surface area contributed by atoms with Crippen molar-refractivity contribution >= 4 is 52.4 Å². The van der Waals surface area contributed by atoms with Crippen LogP contribution in [0.15, 0.2) is 24.4 Å². The average Bonchev–Trinajstić information content (AvgIpc) is 2.31. The molecule has 0 atom stereocenters. The van der Waals surface area contributed by atoms with Crippen LogP contribution < -0.4 is 0 Å². The maximum Gasteiger partial charge on any atom is 0.307 e. The van der Waals surface area contributed by atoms with Gasteiger partial charge < -0.3 is 5.11 Å². The van der Waals surface area contributed by atoms with Gasteiger partial charge in [0.15, 0.2) is 0 Å². The maximum atomic E-state index is 10.7. The van der Waals surface area contributed by atoms with Gasteiger partial charge in [0.05, 0.1) is 16.5 Å². The van der Waals surface area contributed by atoms with Crippen LogP contribution in [0.4, 0.5) is 0 Å². The van der Waals surface area contributed by atoms with Crippen molar-refractivity contribution in [2.24, 2.45) is 0 Å². The molecule has 1 N–H and O–H groups in total. The lowest BCUT2D eigenvalue weighted by Crippen LogP contribution is -2.01. The van der Waals surface area contributed by atoms with E-state index in [1.54, 1.807) is 6.07 Å². The van der Waals surface area contributed by atoms with Gasteiger partial charge in [-0.1, -0.05) is 46.4 Å². The van der Waals surface area contributed by atoms with Gasteiger partial charge in [-0.25, -0.2) is 4.98 Å². The molecule has 0 saturated heterocycles. The van der Waals surface area contributed by atoms with E-state index in [9.17, 15) is 4.79 Å². The number of aromatic nitrogens is 1. The van der Waals surface area contributed by atoms with Gasteiger partial charge >= 0.3 is 5.97 Å². The van der Waals surface area contributed by atoms with Crippen LogP contribution in [-0.4, -0.2) is 16.1 Å². The van der Waals surface area contributed by atoms with E-state index in [-0.39, 0.29) is 11.6 Å². The molecule has 0 aliphatic carbocycles. The van der Waals surface area contributed by atoms with Crippen molar-refractivity contribution in [2.75, 3.05) is 0 Å². The second-order valence-electron chi connectivity index (χ2n) is 4.00. The molecule has 1 aromatic carbocycles. The predicted molar refractivity (Wildman–Crippen MR) is 81.1 cm³/mol. The first-order chi connectivity index (χ1) is 9.38. The van der Waals surface area contributed by atoms with Gasteiger partial charge in [0.25, 0.3) is 0 Å². The summed E-state index contributed by atoms with van der Waals surface area (Å²) in [5.74, 6) is -0.964. The minimum absolute atomic E-state index is 0.167. The monoisotopic (exact) mass is 349 g/mol. The summed E-state index contributed by atoms with van der Waals surface area (Å²) < 4.78 is 0. The summed E-state index contributed by atoms with van der Waals surface area (Å²) in [6, 6.07) is 4.67. The lowest BCUT2D eigenvalue weighted by atomic mass is 10.0. The van der Waals surface area contributed by atoms with Crippen molar-refractivity contribution in [1.82, 2.24) is 4.98 Å². The summed E-state index contributed by atoms with van der Waals surface area (Å²) in [7, 11) is 0. The molecule has 0 saturated carbocycles.